The van der Waals surface area contributed by atoms with Crippen LogP contribution >= 0.6 is 0 Å². The fraction of sp³-hybridized carbons (Fsp3) is 0.0909. The fourth-order valence-electron chi connectivity index (χ4n) is 3.00. The van der Waals surface area contributed by atoms with E-state index >= 15 is 0 Å². The maximum atomic E-state index is 9.09. The Hall–Kier alpha value is -3.78. The van der Waals surface area contributed by atoms with Gasteiger partial charge in [-0.05, 0) is 42.0 Å². The molecule has 0 atom stereocenters. The van der Waals surface area contributed by atoms with Gasteiger partial charge in [-0.15, -0.1) is 0 Å². The number of fused-ring (bicyclic) bond motifs is 1. The molecule has 0 unspecified atom stereocenters. The van der Waals surface area contributed by atoms with Gasteiger partial charge in [-0.3, -0.25) is 4.40 Å². The van der Waals surface area contributed by atoms with Crippen molar-refractivity contribution in [1.29, 1.82) is 5.26 Å². The van der Waals surface area contributed by atoms with Crippen molar-refractivity contribution in [3.05, 3.63) is 84.1 Å². The Morgan fingerprint density at radius 2 is 1.85 bits per heavy atom. The lowest BCUT2D eigenvalue weighted by atomic mass is 10.1. The molecule has 0 aliphatic rings. The monoisotopic (exact) mass is 354 g/mol. The van der Waals surface area contributed by atoms with Gasteiger partial charge >= 0.3 is 0 Å². The number of pyridine rings is 1. The summed E-state index contributed by atoms with van der Waals surface area (Å²) in [6, 6.07) is 23.7. The molecule has 27 heavy (non-hydrogen) atoms. The summed E-state index contributed by atoms with van der Waals surface area (Å²) in [7, 11) is 1.86. The Bertz CT molecular complexity index is 1110. The average Bonchev–Trinajstić information content (AvgIpc) is 3.11. The largest absolute Gasteiger partial charge is 0.489 e. The van der Waals surface area contributed by atoms with E-state index in [2.05, 4.69) is 11.4 Å². The second-order valence-corrected chi connectivity index (χ2v) is 6.11. The van der Waals surface area contributed by atoms with E-state index < -0.39 is 0 Å². The van der Waals surface area contributed by atoms with Gasteiger partial charge in [0, 0.05) is 18.8 Å². The molecule has 4 aromatic rings. The van der Waals surface area contributed by atoms with Crippen LogP contribution in [0.25, 0.3) is 16.9 Å². The van der Waals surface area contributed by atoms with Crippen LogP contribution in [0.3, 0.4) is 0 Å². The van der Waals surface area contributed by atoms with Crippen LogP contribution in [0.5, 0.6) is 5.75 Å². The highest BCUT2D eigenvalue weighted by Crippen LogP contribution is 2.30. The van der Waals surface area contributed by atoms with Gasteiger partial charge in [0.05, 0.1) is 11.6 Å². The SMILES string of the molecule is CNc1c(-c2ccc(OCc3ccccc3)cc2)nc2cc(C#N)ccn12. The van der Waals surface area contributed by atoms with Crippen LogP contribution in [0, 0.1) is 11.3 Å². The molecular weight excluding hydrogens is 336 g/mol. The summed E-state index contributed by atoms with van der Waals surface area (Å²) in [5, 5.41) is 12.3. The van der Waals surface area contributed by atoms with Gasteiger partial charge < -0.3 is 10.1 Å². The van der Waals surface area contributed by atoms with Gasteiger partial charge in [0.15, 0.2) is 0 Å². The van der Waals surface area contributed by atoms with Crippen molar-refractivity contribution in [2.75, 3.05) is 12.4 Å². The molecule has 1 N–H and O–H groups in total. The zero-order chi connectivity index (χ0) is 18.6. The fourth-order valence-corrected chi connectivity index (χ4v) is 3.00. The third-order valence-corrected chi connectivity index (χ3v) is 4.37. The van der Waals surface area contributed by atoms with Crippen molar-refractivity contribution in [2.45, 2.75) is 6.61 Å². The summed E-state index contributed by atoms with van der Waals surface area (Å²) in [6.45, 7) is 0.535. The van der Waals surface area contributed by atoms with E-state index in [1.165, 1.54) is 0 Å². The Kier molecular flexibility index (Phi) is 4.46. The molecule has 0 aliphatic carbocycles. The Morgan fingerprint density at radius 1 is 1.07 bits per heavy atom. The van der Waals surface area contributed by atoms with Crippen molar-refractivity contribution in [2.24, 2.45) is 0 Å². The number of nitriles is 1. The van der Waals surface area contributed by atoms with Crippen LogP contribution < -0.4 is 10.1 Å². The number of benzene rings is 2. The summed E-state index contributed by atoms with van der Waals surface area (Å²) in [5.41, 5.74) is 4.27. The molecule has 0 saturated carbocycles. The van der Waals surface area contributed by atoms with Gasteiger partial charge in [-0.25, -0.2) is 4.98 Å². The number of rotatable bonds is 5. The van der Waals surface area contributed by atoms with E-state index in [1.807, 2.05) is 72.2 Å². The summed E-state index contributed by atoms with van der Waals surface area (Å²) < 4.78 is 7.79. The molecule has 0 spiro atoms. The maximum absolute atomic E-state index is 9.09. The number of imidazole rings is 1. The smallest absolute Gasteiger partial charge is 0.140 e. The molecule has 0 saturated heterocycles. The molecule has 4 rings (SSSR count). The number of anilines is 1. The molecule has 2 aromatic heterocycles. The highest BCUT2D eigenvalue weighted by atomic mass is 16.5. The second-order valence-electron chi connectivity index (χ2n) is 6.11. The molecule has 0 radical (unpaired) electrons. The molecule has 2 aromatic carbocycles. The van der Waals surface area contributed by atoms with Crippen LogP contribution in [-0.2, 0) is 6.61 Å². The number of hydrogen-bond acceptors (Lipinski definition) is 4. The van der Waals surface area contributed by atoms with Gasteiger partial charge in [0.25, 0.3) is 0 Å². The Balaban J connectivity index is 1.61. The highest BCUT2D eigenvalue weighted by Gasteiger charge is 2.13. The second kappa shape index (κ2) is 7.22. The molecule has 0 bridgehead atoms. The molecule has 5 heteroatoms. The molecule has 5 nitrogen and oxygen atoms in total. The molecular formula is C22H18N4O. The average molecular weight is 354 g/mol. The molecule has 2 heterocycles. The van der Waals surface area contributed by atoms with Crippen molar-refractivity contribution < 1.29 is 4.74 Å². The zero-order valence-electron chi connectivity index (χ0n) is 14.9. The van der Waals surface area contributed by atoms with Crippen molar-refractivity contribution in [3.8, 4) is 23.1 Å². The van der Waals surface area contributed by atoms with Crippen LogP contribution in [0.2, 0.25) is 0 Å². The predicted octanol–water partition coefficient (Wildman–Crippen LogP) is 4.49. The molecule has 0 amide bonds. The van der Waals surface area contributed by atoms with Crippen molar-refractivity contribution >= 4 is 11.5 Å². The summed E-state index contributed by atoms with van der Waals surface area (Å²) in [4.78, 5) is 4.69. The molecule has 0 aliphatic heterocycles. The first kappa shape index (κ1) is 16.7. The lowest BCUT2D eigenvalue weighted by molar-refractivity contribution is 0.306. The van der Waals surface area contributed by atoms with Crippen molar-refractivity contribution in [1.82, 2.24) is 9.38 Å². The van der Waals surface area contributed by atoms with Crippen LogP contribution in [0.1, 0.15) is 11.1 Å². The first-order valence-corrected chi connectivity index (χ1v) is 8.65. The number of nitrogens with zero attached hydrogens (tertiary/aromatic N) is 3. The first-order chi connectivity index (χ1) is 13.3. The standard InChI is InChI=1S/C22H18N4O/c1-24-22-21(25-20-13-17(14-23)11-12-26(20)22)18-7-9-19(10-8-18)27-15-16-5-3-2-4-6-16/h2-13,24H,15H2,1H3. The minimum Gasteiger partial charge on any atom is -0.489 e. The maximum Gasteiger partial charge on any atom is 0.140 e. The number of nitrogens with one attached hydrogen (secondary N) is 1. The van der Waals surface area contributed by atoms with Gasteiger partial charge in [-0.1, -0.05) is 30.3 Å². The van der Waals surface area contributed by atoms with Gasteiger partial charge in [0.1, 0.15) is 29.5 Å². The summed E-state index contributed by atoms with van der Waals surface area (Å²) >= 11 is 0. The highest BCUT2D eigenvalue weighted by molar-refractivity contribution is 5.77. The minimum absolute atomic E-state index is 0.535. The first-order valence-electron chi connectivity index (χ1n) is 8.65. The van der Waals surface area contributed by atoms with Crippen molar-refractivity contribution in [3.63, 3.8) is 0 Å². The van der Waals surface area contributed by atoms with Crippen LogP contribution in [0.15, 0.2) is 72.9 Å². The van der Waals surface area contributed by atoms with Crippen LogP contribution in [0.4, 0.5) is 5.82 Å². The summed E-state index contributed by atoms with van der Waals surface area (Å²) in [5.74, 6) is 1.69. The quantitative estimate of drug-likeness (QED) is 0.573. The lowest BCUT2D eigenvalue weighted by Crippen LogP contribution is -1.96. The lowest BCUT2D eigenvalue weighted by Gasteiger charge is -2.08. The summed E-state index contributed by atoms with van der Waals surface area (Å²) in [6.07, 6.45) is 1.85. The van der Waals surface area contributed by atoms with Gasteiger partial charge in [0.2, 0.25) is 0 Å². The number of hydrogen-bond donors (Lipinski definition) is 1. The normalized spacial score (nSPS) is 10.5. The minimum atomic E-state index is 0.535. The predicted molar refractivity (Wildman–Crippen MR) is 106 cm³/mol. The topological polar surface area (TPSA) is 62.3 Å². The van der Waals surface area contributed by atoms with E-state index in [9.17, 15) is 0 Å². The third kappa shape index (κ3) is 3.33. The number of aromatic nitrogens is 2. The van der Waals surface area contributed by atoms with Gasteiger partial charge in [-0.2, -0.15) is 5.26 Å². The van der Waals surface area contributed by atoms with E-state index in [-0.39, 0.29) is 0 Å². The zero-order valence-corrected chi connectivity index (χ0v) is 14.9. The Labute approximate surface area is 157 Å². The van der Waals surface area contributed by atoms with E-state index in [0.29, 0.717) is 12.2 Å². The molecule has 132 valence electrons. The van der Waals surface area contributed by atoms with E-state index in [1.54, 1.807) is 12.1 Å². The van der Waals surface area contributed by atoms with Crippen LogP contribution in [-0.4, -0.2) is 16.4 Å². The molecule has 0 fully saturated rings. The third-order valence-electron chi connectivity index (χ3n) is 4.37. The van der Waals surface area contributed by atoms with E-state index in [0.717, 1.165) is 34.0 Å². The van der Waals surface area contributed by atoms with E-state index in [4.69, 9.17) is 15.0 Å². The number of ether oxygens (including phenoxy) is 1. The Morgan fingerprint density at radius 3 is 2.56 bits per heavy atom.